The fourth-order valence-electron chi connectivity index (χ4n) is 2.22. The zero-order valence-electron chi connectivity index (χ0n) is 13.8. The lowest BCUT2D eigenvalue weighted by molar-refractivity contribution is 0.0605. The van der Waals surface area contributed by atoms with Crippen molar-refractivity contribution in [2.24, 2.45) is 0 Å². The number of anilines is 1. The second-order valence-electron chi connectivity index (χ2n) is 5.20. The topological polar surface area (TPSA) is 73.3 Å². The van der Waals surface area contributed by atoms with Crippen LogP contribution in [0.4, 0.5) is 5.82 Å². The van der Waals surface area contributed by atoms with Crippen molar-refractivity contribution >= 4 is 33.3 Å². The monoisotopic (exact) mass is 337 g/mol. The molecular weight excluding hydrogens is 314 g/mol. The van der Waals surface area contributed by atoms with Crippen LogP contribution in [-0.4, -0.2) is 42.8 Å². The largest absolute Gasteiger partial charge is 0.465 e. The molecule has 0 spiro atoms. The number of aryl methyl sites for hydroxylation is 1. The number of hydrogen-bond donors (Lipinski definition) is 1. The van der Waals surface area contributed by atoms with E-state index in [1.165, 1.54) is 24.8 Å². The molecule has 0 saturated heterocycles. The van der Waals surface area contributed by atoms with E-state index in [1.54, 1.807) is 0 Å². The summed E-state index contributed by atoms with van der Waals surface area (Å²) in [6.07, 6.45) is 4.67. The molecule has 0 radical (unpaired) electrons. The van der Waals surface area contributed by atoms with Gasteiger partial charge < -0.3 is 14.8 Å². The molecule has 2 rings (SSSR count). The lowest BCUT2D eigenvalue weighted by atomic mass is 10.2. The third-order valence-corrected chi connectivity index (χ3v) is 4.68. The van der Waals surface area contributed by atoms with Gasteiger partial charge in [-0.3, -0.25) is 0 Å². The average molecular weight is 337 g/mol. The molecule has 0 saturated carbocycles. The Labute approximate surface area is 140 Å². The Morgan fingerprint density at radius 3 is 2.83 bits per heavy atom. The minimum absolute atomic E-state index is 0.333. The lowest BCUT2D eigenvalue weighted by Crippen LogP contribution is -2.08. The highest BCUT2D eigenvalue weighted by Gasteiger charge is 2.19. The molecular formula is C16H23N3O3S. The van der Waals surface area contributed by atoms with Crippen LogP contribution < -0.4 is 5.32 Å². The number of carbonyl (C=O) groups excluding carboxylic acids is 1. The molecule has 23 heavy (non-hydrogen) atoms. The summed E-state index contributed by atoms with van der Waals surface area (Å²) in [5.74, 6) is 0.424. The van der Waals surface area contributed by atoms with E-state index in [-0.39, 0.29) is 5.97 Å². The van der Waals surface area contributed by atoms with Crippen molar-refractivity contribution in [3.8, 4) is 0 Å². The molecule has 6 nitrogen and oxygen atoms in total. The fourth-order valence-corrected chi connectivity index (χ4v) is 3.29. The summed E-state index contributed by atoms with van der Waals surface area (Å²) in [6.45, 7) is 6.36. The van der Waals surface area contributed by atoms with Crippen LogP contribution in [0.5, 0.6) is 0 Å². The van der Waals surface area contributed by atoms with Crippen LogP contribution >= 0.6 is 11.3 Å². The Kier molecular flexibility index (Phi) is 6.73. The molecule has 126 valence electrons. The lowest BCUT2D eigenvalue weighted by Gasteiger charge is -2.07. The highest BCUT2D eigenvalue weighted by atomic mass is 32.1. The first-order valence-electron chi connectivity index (χ1n) is 7.83. The van der Waals surface area contributed by atoms with Crippen LogP contribution in [-0.2, 0) is 9.47 Å². The summed E-state index contributed by atoms with van der Waals surface area (Å²) in [5, 5.41) is 4.21. The molecule has 2 aromatic rings. The second kappa shape index (κ2) is 8.79. The quantitative estimate of drug-likeness (QED) is 0.558. The van der Waals surface area contributed by atoms with Crippen LogP contribution in [0.1, 0.15) is 41.4 Å². The number of aromatic nitrogens is 2. The van der Waals surface area contributed by atoms with Gasteiger partial charge in [-0.15, -0.1) is 11.3 Å². The number of rotatable bonds is 9. The number of esters is 1. The van der Waals surface area contributed by atoms with Crippen LogP contribution in [0.2, 0.25) is 0 Å². The van der Waals surface area contributed by atoms with Gasteiger partial charge in [-0.1, -0.05) is 13.3 Å². The zero-order chi connectivity index (χ0) is 16.7. The maximum absolute atomic E-state index is 11.8. The van der Waals surface area contributed by atoms with E-state index in [0.717, 1.165) is 60.6 Å². The zero-order valence-corrected chi connectivity index (χ0v) is 14.7. The molecule has 2 heterocycles. The van der Waals surface area contributed by atoms with E-state index < -0.39 is 0 Å². The van der Waals surface area contributed by atoms with Crippen LogP contribution in [0.15, 0.2) is 6.33 Å². The second-order valence-corrected chi connectivity index (χ2v) is 6.20. The highest BCUT2D eigenvalue weighted by molar-refractivity contribution is 7.20. The van der Waals surface area contributed by atoms with Gasteiger partial charge in [-0.05, 0) is 25.3 Å². The van der Waals surface area contributed by atoms with Crippen molar-refractivity contribution < 1.29 is 14.3 Å². The van der Waals surface area contributed by atoms with Crippen molar-refractivity contribution in [3.63, 3.8) is 0 Å². The minimum Gasteiger partial charge on any atom is -0.465 e. The number of carbonyl (C=O) groups is 1. The first-order chi connectivity index (χ1) is 11.2. The predicted molar refractivity (Wildman–Crippen MR) is 92.3 cm³/mol. The molecule has 2 aromatic heterocycles. The van der Waals surface area contributed by atoms with E-state index in [9.17, 15) is 4.79 Å². The SMILES string of the molecule is CCCCOCCCNc1ncnc2sc(C(=O)OC)c(C)c12. The van der Waals surface area contributed by atoms with Gasteiger partial charge in [0, 0.05) is 19.8 Å². The summed E-state index contributed by atoms with van der Waals surface area (Å²) in [4.78, 5) is 21.7. The van der Waals surface area contributed by atoms with Gasteiger partial charge >= 0.3 is 5.97 Å². The summed E-state index contributed by atoms with van der Waals surface area (Å²) < 4.78 is 10.4. The van der Waals surface area contributed by atoms with E-state index >= 15 is 0 Å². The first-order valence-corrected chi connectivity index (χ1v) is 8.64. The van der Waals surface area contributed by atoms with Crippen molar-refractivity contribution in [2.75, 3.05) is 32.2 Å². The Balaban J connectivity index is 2.01. The Morgan fingerprint density at radius 2 is 2.09 bits per heavy atom. The number of nitrogens with one attached hydrogen (secondary N) is 1. The van der Waals surface area contributed by atoms with E-state index in [0.29, 0.717) is 4.88 Å². The van der Waals surface area contributed by atoms with Gasteiger partial charge in [0.05, 0.1) is 12.5 Å². The Bertz CT molecular complexity index is 657. The van der Waals surface area contributed by atoms with Gasteiger partial charge in [0.2, 0.25) is 0 Å². The van der Waals surface area contributed by atoms with Crippen molar-refractivity contribution in [3.05, 3.63) is 16.8 Å². The smallest absolute Gasteiger partial charge is 0.348 e. The first kappa shape index (κ1) is 17.6. The molecule has 0 unspecified atom stereocenters. The van der Waals surface area contributed by atoms with Gasteiger partial charge in [-0.2, -0.15) is 0 Å². The third-order valence-electron chi connectivity index (χ3n) is 3.50. The van der Waals surface area contributed by atoms with Crippen molar-refractivity contribution in [2.45, 2.75) is 33.1 Å². The fraction of sp³-hybridized carbons (Fsp3) is 0.562. The molecule has 0 atom stereocenters. The Morgan fingerprint density at radius 1 is 1.30 bits per heavy atom. The van der Waals surface area contributed by atoms with Crippen molar-refractivity contribution in [1.29, 1.82) is 0 Å². The van der Waals surface area contributed by atoms with Crippen LogP contribution in [0.3, 0.4) is 0 Å². The van der Waals surface area contributed by atoms with Gasteiger partial charge in [-0.25, -0.2) is 14.8 Å². The standard InChI is InChI=1S/C16H23N3O3S/c1-4-5-8-22-9-6-7-17-14-12-11(2)13(16(20)21-3)23-15(12)19-10-18-14/h10H,4-9H2,1-3H3,(H,17,18,19). The summed E-state index contributed by atoms with van der Waals surface area (Å²) >= 11 is 1.33. The van der Waals surface area contributed by atoms with E-state index in [2.05, 4.69) is 22.2 Å². The van der Waals surface area contributed by atoms with Crippen molar-refractivity contribution in [1.82, 2.24) is 9.97 Å². The Hall–Kier alpha value is -1.73. The van der Waals surface area contributed by atoms with E-state index in [1.807, 2.05) is 6.92 Å². The number of unbranched alkanes of at least 4 members (excludes halogenated alkanes) is 1. The summed E-state index contributed by atoms with van der Waals surface area (Å²) in [6, 6.07) is 0. The van der Waals surface area contributed by atoms with Crippen LogP contribution in [0, 0.1) is 6.92 Å². The summed E-state index contributed by atoms with van der Waals surface area (Å²) in [5.41, 5.74) is 0.860. The number of ether oxygens (including phenoxy) is 2. The van der Waals surface area contributed by atoms with Crippen LogP contribution in [0.25, 0.3) is 10.2 Å². The predicted octanol–water partition coefficient (Wildman–Crippen LogP) is 3.41. The third kappa shape index (κ3) is 4.39. The molecule has 0 aliphatic rings. The molecule has 0 bridgehead atoms. The summed E-state index contributed by atoms with van der Waals surface area (Å²) in [7, 11) is 1.38. The molecule has 0 aliphatic heterocycles. The highest BCUT2D eigenvalue weighted by Crippen LogP contribution is 2.33. The number of hydrogen-bond acceptors (Lipinski definition) is 7. The number of fused-ring (bicyclic) bond motifs is 1. The normalized spacial score (nSPS) is 10.9. The molecule has 0 amide bonds. The van der Waals surface area contributed by atoms with Gasteiger partial charge in [0.25, 0.3) is 0 Å². The molecule has 0 fully saturated rings. The molecule has 0 aliphatic carbocycles. The van der Waals surface area contributed by atoms with Gasteiger partial charge in [0.15, 0.2) is 0 Å². The number of thiophene rings is 1. The number of nitrogens with zero attached hydrogens (tertiary/aromatic N) is 2. The molecule has 0 aromatic carbocycles. The maximum atomic E-state index is 11.8. The minimum atomic E-state index is -0.333. The van der Waals surface area contributed by atoms with Gasteiger partial charge in [0.1, 0.15) is 21.9 Å². The molecule has 7 heteroatoms. The van der Waals surface area contributed by atoms with E-state index in [4.69, 9.17) is 9.47 Å². The maximum Gasteiger partial charge on any atom is 0.348 e. The molecule has 1 N–H and O–H groups in total. The average Bonchev–Trinajstić information content (AvgIpc) is 2.91. The number of methoxy groups -OCH3 is 1.